The van der Waals surface area contributed by atoms with Gasteiger partial charge >= 0.3 is 368 Å². The van der Waals surface area contributed by atoms with Gasteiger partial charge in [0.15, 0.2) is 0 Å². The van der Waals surface area contributed by atoms with Crippen LogP contribution in [-0.4, -0.2) is 14.5 Å². The molecule has 0 bridgehead atoms. The molecule has 0 amide bonds. The van der Waals surface area contributed by atoms with Crippen LogP contribution in [0.5, 0.6) is 0 Å². The third kappa shape index (κ3) is 5.33. The number of hydrogen-bond acceptors (Lipinski definition) is 2. The summed E-state index contributed by atoms with van der Waals surface area (Å²) in [6.45, 7) is 0. The van der Waals surface area contributed by atoms with Crippen LogP contribution in [0.4, 0.5) is 0 Å². The van der Waals surface area contributed by atoms with Crippen molar-refractivity contribution in [3.63, 3.8) is 0 Å². The first-order valence-corrected chi connectivity index (χ1v) is 24.6. The molecular weight excluding hydrogens is 880 g/mol. The standard InChI is InChI=1S/C64H36O2Se/c1-5-21-45-41(17-1)59(37-31-33-56-52(35-37)39-15-9-11-28-54(39)65-56)42-18-2-6-22-46(42)61(45)49-25-14-30-58-63(49)51-27-13-26-50(64(51)67-58)62-47-23-7-3-19-43(47)60(44-20-4-8-24-48(44)62)38-32-34-57-53(36-38)40-16-10-12-29-55(40)66-57/h1-36H. The summed E-state index contributed by atoms with van der Waals surface area (Å²) >= 11 is 0.0693. The van der Waals surface area contributed by atoms with Gasteiger partial charge < -0.3 is 0 Å². The fraction of sp³-hybridized carbons (Fsp3) is 0. The minimum absolute atomic E-state index is 0.0693. The molecule has 3 heterocycles. The molecule has 0 atom stereocenters. The molecule has 0 unspecified atom stereocenters. The van der Waals surface area contributed by atoms with Crippen LogP contribution in [0.3, 0.4) is 0 Å². The van der Waals surface area contributed by atoms with Crippen LogP contribution in [0.15, 0.2) is 227 Å². The second kappa shape index (κ2) is 14.1. The van der Waals surface area contributed by atoms with Gasteiger partial charge in [0.25, 0.3) is 0 Å². The SMILES string of the molecule is c1ccc2c(c1)oc1ccc(-c3c4ccccc4c(-c4cccc5c4[se]c4cccc(-c6c7ccccc7c(-c7ccc8oc9ccccc9c8c7)c7ccccc67)c45)c4ccccc34)cc12. The first-order chi connectivity index (χ1) is 33.2. The summed E-state index contributed by atoms with van der Waals surface area (Å²) in [6.07, 6.45) is 0. The number of fused-ring (bicyclic) bond motifs is 13. The molecule has 0 aliphatic heterocycles. The molecule has 3 heteroatoms. The zero-order valence-corrected chi connectivity index (χ0v) is 37.7. The molecule has 0 saturated carbocycles. The van der Waals surface area contributed by atoms with Gasteiger partial charge in [0.1, 0.15) is 0 Å². The van der Waals surface area contributed by atoms with Crippen molar-refractivity contribution >= 4 is 121 Å². The summed E-state index contributed by atoms with van der Waals surface area (Å²) in [5.74, 6) is 0. The van der Waals surface area contributed by atoms with Gasteiger partial charge in [0, 0.05) is 0 Å². The Balaban J connectivity index is 0.977. The molecule has 0 radical (unpaired) electrons. The van der Waals surface area contributed by atoms with Gasteiger partial charge in [-0.05, 0) is 6.07 Å². The average molecular weight is 916 g/mol. The molecule has 12 aromatic carbocycles. The molecule has 0 spiro atoms. The Morgan fingerprint density at radius 3 is 1.09 bits per heavy atom. The Bertz CT molecular complexity index is 4470. The first kappa shape index (κ1) is 37.1. The van der Waals surface area contributed by atoms with Crippen molar-refractivity contribution in [3.05, 3.63) is 218 Å². The molecule has 15 rings (SSSR count). The molecule has 0 aliphatic carbocycles. The van der Waals surface area contributed by atoms with Crippen LogP contribution in [0.2, 0.25) is 0 Å². The number of rotatable bonds is 4. The summed E-state index contributed by atoms with van der Waals surface area (Å²) in [7, 11) is 0. The van der Waals surface area contributed by atoms with Crippen molar-refractivity contribution in [2.24, 2.45) is 0 Å². The van der Waals surface area contributed by atoms with Crippen LogP contribution in [0, 0.1) is 0 Å². The number of hydrogen-bond donors (Lipinski definition) is 0. The predicted octanol–water partition coefficient (Wildman–Crippen LogP) is 18.1. The van der Waals surface area contributed by atoms with Gasteiger partial charge in [-0.1, -0.05) is 18.2 Å². The summed E-state index contributed by atoms with van der Waals surface area (Å²) in [6, 6.07) is 80.3. The Morgan fingerprint density at radius 1 is 0.254 bits per heavy atom. The van der Waals surface area contributed by atoms with E-state index in [-0.39, 0.29) is 14.5 Å². The molecule has 0 saturated heterocycles. The van der Waals surface area contributed by atoms with Crippen LogP contribution in [0.1, 0.15) is 0 Å². The molecule has 0 fully saturated rings. The van der Waals surface area contributed by atoms with Crippen LogP contribution < -0.4 is 0 Å². The molecule has 0 N–H and O–H groups in total. The topological polar surface area (TPSA) is 26.3 Å². The maximum atomic E-state index is 6.29. The fourth-order valence-corrected chi connectivity index (χ4v) is 14.1. The van der Waals surface area contributed by atoms with Gasteiger partial charge in [0.05, 0.1) is 0 Å². The van der Waals surface area contributed by atoms with Gasteiger partial charge in [-0.15, -0.1) is 0 Å². The van der Waals surface area contributed by atoms with E-state index in [9.17, 15) is 0 Å². The molecule has 310 valence electrons. The van der Waals surface area contributed by atoms with E-state index in [1.54, 1.807) is 0 Å². The molecule has 3 aromatic heterocycles. The Hall–Kier alpha value is -8.20. The van der Waals surface area contributed by atoms with E-state index in [2.05, 4.69) is 206 Å². The zero-order chi connectivity index (χ0) is 43.7. The van der Waals surface area contributed by atoms with E-state index >= 15 is 0 Å². The number of benzene rings is 12. The average Bonchev–Trinajstić information content (AvgIpc) is 4.08. The molecule has 15 aromatic rings. The maximum absolute atomic E-state index is 6.29. The van der Waals surface area contributed by atoms with Gasteiger partial charge in [-0.2, -0.15) is 0 Å². The number of furan rings is 2. The van der Waals surface area contributed by atoms with Crippen molar-refractivity contribution in [2.45, 2.75) is 0 Å². The minimum atomic E-state index is 0.0693. The van der Waals surface area contributed by atoms with Crippen molar-refractivity contribution in [1.82, 2.24) is 0 Å². The van der Waals surface area contributed by atoms with Gasteiger partial charge in [-0.25, -0.2) is 0 Å². The Morgan fingerprint density at radius 2 is 0.612 bits per heavy atom. The van der Waals surface area contributed by atoms with Gasteiger partial charge in [-0.3, -0.25) is 0 Å². The summed E-state index contributed by atoms with van der Waals surface area (Å²) < 4.78 is 15.4. The van der Waals surface area contributed by atoms with Gasteiger partial charge in [0.2, 0.25) is 0 Å². The van der Waals surface area contributed by atoms with E-state index in [0.717, 1.165) is 43.9 Å². The van der Waals surface area contributed by atoms with Crippen molar-refractivity contribution < 1.29 is 8.83 Å². The Labute approximate surface area is 390 Å². The molecule has 0 aliphatic rings. The molecular formula is C64H36O2Se. The number of para-hydroxylation sites is 2. The van der Waals surface area contributed by atoms with E-state index < -0.39 is 0 Å². The second-order valence-corrected chi connectivity index (χ2v) is 20.0. The van der Waals surface area contributed by atoms with E-state index in [1.165, 1.54) is 107 Å². The van der Waals surface area contributed by atoms with E-state index in [0.29, 0.717) is 0 Å². The van der Waals surface area contributed by atoms with E-state index in [4.69, 9.17) is 8.83 Å². The van der Waals surface area contributed by atoms with Crippen LogP contribution >= 0.6 is 0 Å². The van der Waals surface area contributed by atoms with Crippen molar-refractivity contribution in [1.29, 1.82) is 0 Å². The third-order valence-electron chi connectivity index (χ3n) is 14.3. The quantitative estimate of drug-likeness (QED) is 0.130. The normalized spacial score (nSPS) is 12.2. The fourth-order valence-electron chi connectivity index (χ4n) is 11.5. The molecule has 67 heavy (non-hydrogen) atoms. The zero-order valence-electron chi connectivity index (χ0n) is 36.0. The van der Waals surface area contributed by atoms with Crippen molar-refractivity contribution in [3.8, 4) is 44.5 Å². The van der Waals surface area contributed by atoms with Crippen LogP contribution in [-0.2, 0) is 0 Å². The van der Waals surface area contributed by atoms with Crippen molar-refractivity contribution in [2.75, 3.05) is 0 Å². The monoisotopic (exact) mass is 916 g/mol. The summed E-state index contributed by atoms with van der Waals surface area (Å²) in [5.41, 5.74) is 13.8. The van der Waals surface area contributed by atoms with E-state index in [1.807, 2.05) is 12.1 Å². The summed E-state index contributed by atoms with van der Waals surface area (Å²) in [5, 5.41) is 17.3. The predicted molar refractivity (Wildman–Crippen MR) is 285 cm³/mol. The Kier molecular flexibility index (Phi) is 7.83. The first-order valence-electron chi connectivity index (χ1n) is 22.9. The second-order valence-electron chi connectivity index (χ2n) is 17.8. The molecule has 2 nitrogen and oxygen atoms in total. The third-order valence-corrected chi connectivity index (χ3v) is 16.8. The summed E-state index contributed by atoms with van der Waals surface area (Å²) in [4.78, 5) is 0. The van der Waals surface area contributed by atoms with Crippen LogP contribution in [0.25, 0.3) is 151 Å².